The first-order valence-electron chi connectivity index (χ1n) is 11.4. The van der Waals surface area contributed by atoms with Crippen molar-refractivity contribution in [1.29, 1.82) is 0 Å². The zero-order valence-corrected chi connectivity index (χ0v) is 18.5. The van der Waals surface area contributed by atoms with E-state index in [1.165, 1.54) is 0 Å². The van der Waals surface area contributed by atoms with Crippen LogP contribution in [0, 0.1) is 0 Å². The maximum Gasteiger partial charge on any atom is 0.409 e. The molecule has 0 bridgehead atoms. The number of benzene rings is 1. The van der Waals surface area contributed by atoms with Crippen molar-refractivity contribution < 1.29 is 19.1 Å². The molecule has 2 amide bonds. The van der Waals surface area contributed by atoms with Crippen LogP contribution in [0.3, 0.4) is 0 Å². The van der Waals surface area contributed by atoms with Crippen LogP contribution in [0.15, 0.2) is 23.0 Å². The predicted molar refractivity (Wildman–Crippen MR) is 119 cm³/mol. The lowest BCUT2D eigenvalue weighted by Crippen LogP contribution is -2.47. The fourth-order valence-corrected chi connectivity index (χ4v) is 4.33. The minimum atomic E-state index is -0.306. The Bertz CT molecular complexity index is 1040. The molecule has 3 heterocycles. The van der Waals surface area contributed by atoms with Crippen LogP contribution < -0.4 is 15.6 Å². The minimum absolute atomic E-state index is 0.00215. The fraction of sp³-hybridized carbons (Fsp3) is 0.565. The normalized spacial score (nSPS) is 16.8. The Labute approximate surface area is 186 Å². The number of aryl methyl sites for hydroxylation is 1. The van der Waals surface area contributed by atoms with Crippen LogP contribution in [-0.2, 0) is 22.5 Å². The van der Waals surface area contributed by atoms with Crippen molar-refractivity contribution in [2.75, 3.05) is 26.3 Å². The van der Waals surface area contributed by atoms with E-state index in [4.69, 9.17) is 9.47 Å². The molecular weight excluding hydrogens is 412 g/mol. The monoisotopic (exact) mass is 442 g/mol. The Hall–Kier alpha value is -3.10. The van der Waals surface area contributed by atoms with Gasteiger partial charge in [0.2, 0.25) is 0 Å². The average molecular weight is 443 g/mol. The molecule has 1 saturated heterocycles. The number of piperidine rings is 1. The highest BCUT2D eigenvalue weighted by molar-refractivity contribution is 5.80. The third-order valence-electron chi connectivity index (χ3n) is 6.04. The van der Waals surface area contributed by atoms with Gasteiger partial charge in [-0.2, -0.15) is 0 Å². The molecule has 32 heavy (non-hydrogen) atoms. The van der Waals surface area contributed by atoms with Gasteiger partial charge >= 0.3 is 6.09 Å². The molecule has 2 aliphatic rings. The number of fused-ring (bicyclic) bond motifs is 2. The van der Waals surface area contributed by atoms with E-state index >= 15 is 0 Å². The molecule has 1 fully saturated rings. The lowest BCUT2D eigenvalue weighted by Gasteiger charge is -2.31. The zero-order chi connectivity index (χ0) is 22.5. The highest BCUT2D eigenvalue weighted by Gasteiger charge is 2.24. The molecule has 2 aromatic rings. The Morgan fingerprint density at radius 2 is 1.97 bits per heavy atom. The Morgan fingerprint density at radius 1 is 1.16 bits per heavy atom. The van der Waals surface area contributed by atoms with Crippen molar-refractivity contribution >= 4 is 22.9 Å². The molecular formula is C23H30N4O5. The third-order valence-corrected chi connectivity index (χ3v) is 6.04. The van der Waals surface area contributed by atoms with E-state index in [-0.39, 0.29) is 30.2 Å². The standard InChI is InChI=1S/C23H30N4O5/c1-2-31-23(30)26-12-9-16(10-13-26)24-21(28)15-32-17-7-8-19-18(14-17)22(29)27-11-5-3-4-6-20(27)25-19/h7-8,14,16H,2-6,9-13,15H2,1H3,(H,24,28). The van der Waals surface area contributed by atoms with E-state index in [9.17, 15) is 14.4 Å². The van der Waals surface area contributed by atoms with E-state index in [0.717, 1.165) is 31.5 Å². The van der Waals surface area contributed by atoms with Gasteiger partial charge in [-0.3, -0.25) is 14.2 Å². The van der Waals surface area contributed by atoms with Gasteiger partial charge in [-0.05, 0) is 50.8 Å². The molecule has 0 saturated carbocycles. The molecule has 0 radical (unpaired) electrons. The largest absolute Gasteiger partial charge is 0.484 e. The number of carbonyl (C=O) groups is 2. The summed E-state index contributed by atoms with van der Waals surface area (Å²) in [6, 6.07) is 5.19. The molecule has 0 aliphatic carbocycles. The third kappa shape index (κ3) is 5.03. The van der Waals surface area contributed by atoms with Gasteiger partial charge in [0.15, 0.2) is 6.61 Å². The maximum atomic E-state index is 12.9. The van der Waals surface area contributed by atoms with Crippen LogP contribution in [0.2, 0.25) is 0 Å². The van der Waals surface area contributed by atoms with Crippen LogP contribution in [-0.4, -0.2) is 58.8 Å². The molecule has 2 aliphatic heterocycles. The minimum Gasteiger partial charge on any atom is -0.484 e. The van der Waals surface area contributed by atoms with Crippen LogP contribution in [0.4, 0.5) is 4.79 Å². The number of amides is 2. The number of carbonyl (C=O) groups excluding carboxylic acids is 2. The number of hydrogen-bond donors (Lipinski definition) is 1. The lowest BCUT2D eigenvalue weighted by molar-refractivity contribution is -0.124. The van der Waals surface area contributed by atoms with Crippen molar-refractivity contribution in [3.05, 3.63) is 34.4 Å². The summed E-state index contributed by atoms with van der Waals surface area (Å²) in [7, 11) is 0. The molecule has 9 nitrogen and oxygen atoms in total. The zero-order valence-electron chi connectivity index (χ0n) is 18.5. The maximum absolute atomic E-state index is 12.9. The molecule has 0 atom stereocenters. The Kier molecular flexibility index (Phi) is 6.92. The van der Waals surface area contributed by atoms with Gasteiger partial charge in [-0.15, -0.1) is 0 Å². The first kappa shape index (κ1) is 22.1. The van der Waals surface area contributed by atoms with Gasteiger partial charge < -0.3 is 19.7 Å². The molecule has 1 aromatic carbocycles. The number of ether oxygens (including phenoxy) is 2. The second-order valence-corrected chi connectivity index (χ2v) is 8.29. The first-order valence-corrected chi connectivity index (χ1v) is 11.4. The van der Waals surface area contributed by atoms with Crippen LogP contribution in [0.25, 0.3) is 10.9 Å². The number of nitrogens with zero attached hydrogens (tertiary/aromatic N) is 3. The summed E-state index contributed by atoms with van der Waals surface area (Å²) in [6.45, 7) is 3.80. The van der Waals surface area contributed by atoms with Crippen LogP contribution in [0.5, 0.6) is 5.75 Å². The van der Waals surface area contributed by atoms with Gasteiger partial charge in [0, 0.05) is 32.1 Å². The summed E-state index contributed by atoms with van der Waals surface area (Å²) in [4.78, 5) is 43.4. The second-order valence-electron chi connectivity index (χ2n) is 8.29. The molecule has 172 valence electrons. The number of rotatable bonds is 5. The average Bonchev–Trinajstić information content (AvgIpc) is 3.04. The fourth-order valence-electron chi connectivity index (χ4n) is 4.33. The Morgan fingerprint density at radius 3 is 2.75 bits per heavy atom. The first-order chi connectivity index (χ1) is 15.5. The van der Waals surface area contributed by atoms with Crippen molar-refractivity contribution in [3.8, 4) is 5.75 Å². The summed E-state index contributed by atoms with van der Waals surface area (Å²) in [5.41, 5.74) is 0.614. The van der Waals surface area contributed by atoms with Gasteiger partial charge in [0.05, 0.1) is 17.5 Å². The highest BCUT2D eigenvalue weighted by Crippen LogP contribution is 2.20. The molecule has 0 spiro atoms. The smallest absolute Gasteiger partial charge is 0.409 e. The summed E-state index contributed by atoms with van der Waals surface area (Å²) in [5.74, 6) is 1.09. The van der Waals surface area contributed by atoms with E-state index < -0.39 is 0 Å². The van der Waals surface area contributed by atoms with Gasteiger partial charge in [-0.1, -0.05) is 6.42 Å². The van der Waals surface area contributed by atoms with E-state index in [1.54, 1.807) is 34.6 Å². The van der Waals surface area contributed by atoms with E-state index in [0.29, 0.717) is 55.7 Å². The summed E-state index contributed by atoms with van der Waals surface area (Å²) in [6.07, 6.45) is 5.00. The topological polar surface area (TPSA) is 103 Å². The second kappa shape index (κ2) is 10.0. The molecule has 0 unspecified atom stereocenters. The van der Waals surface area contributed by atoms with E-state index in [1.807, 2.05) is 0 Å². The van der Waals surface area contributed by atoms with Crippen LogP contribution in [0.1, 0.15) is 44.9 Å². The van der Waals surface area contributed by atoms with Crippen molar-refractivity contribution in [2.24, 2.45) is 0 Å². The van der Waals surface area contributed by atoms with Crippen molar-refractivity contribution in [3.63, 3.8) is 0 Å². The number of hydrogen-bond acceptors (Lipinski definition) is 6. The highest BCUT2D eigenvalue weighted by atomic mass is 16.6. The molecule has 1 N–H and O–H groups in total. The van der Waals surface area contributed by atoms with Crippen LogP contribution >= 0.6 is 0 Å². The quantitative estimate of drug-likeness (QED) is 0.762. The molecule has 9 heteroatoms. The SMILES string of the molecule is CCOC(=O)N1CCC(NC(=O)COc2ccc3nc4n(c(=O)c3c2)CCCCC4)CC1. The number of likely N-dealkylation sites (tertiary alicyclic amines) is 1. The number of aromatic nitrogens is 2. The summed E-state index contributed by atoms with van der Waals surface area (Å²) >= 11 is 0. The van der Waals surface area contributed by atoms with Crippen molar-refractivity contribution in [2.45, 2.75) is 58.0 Å². The predicted octanol–water partition coefficient (Wildman–Crippen LogP) is 2.24. The summed E-state index contributed by atoms with van der Waals surface area (Å²) < 4.78 is 12.4. The van der Waals surface area contributed by atoms with E-state index in [2.05, 4.69) is 10.3 Å². The van der Waals surface area contributed by atoms with Gasteiger partial charge in [0.25, 0.3) is 11.5 Å². The van der Waals surface area contributed by atoms with Crippen molar-refractivity contribution in [1.82, 2.24) is 19.8 Å². The lowest BCUT2D eigenvalue weighted by atomic mass is 10.1. The Balaban J connectivity index is 1.33. The number of nitrogens with one attached hydrogen (secondary N) is 1. The molecule has 4 rings (SSSR count). The molecule has 1 aromatic heterocycles. The van der Waals surface area contributed by atoms with Gasteiger partial charge in [-0.25, -0.2) is 9.78 Å². The summed E-state index contributed by atoms with van der Waals surface area (Å²) in [5, 5.41) is 3.47. The van der Waals surface area contributed by atoms with Gasteiger partial charge in [0.1, 0.15) is 11.6 Å².